The monoisotopic (exact) mass is 228 g/mol. The molecule has 0 radical (unpaired) electrons. The second kappa shape index (κ2) is 10.1. The van der Waals surface area contributed by atoms with E-state index in [1.54, 1.807) is 7.11 Å². The summed E-state index contributed by atoms with van der Waals surface area (Å²) in [5.74, 6) is 0. The first-order valence-electron chi connectivity index (χ1n) is 7.04. The van der Waals surface area contributed by atoms with Crippen LogP contribution >= 0.6 is 0 Å². The number of hydrogen-bond acceptors (Lipinski definition) is 2. The van der Waals surface area contributed by atoms with Gasteiger partial charge in [0.25, 0.3) is 0 Å². The summed E-state index contributed by atoms with van der Waals surface area (Å²) < 4.78 is 10.7. The summed E-state index contributed by atoms with van der Waals surface area (Å²) in [7, 11) is 1.70. The molecule has 0 heterocycles. The van der Waals surface area contributed by atoms with E-state index in [0.29, 0.717) is 12.9 Å². The van der Waals surface area contributed by atoms with Gasteiger partial charge in [-0.15, -0.1) is 0 Å². The van der Waals surface area contributed by atoms with Crippen LogP contribution in [0.25, 0.3) is 0 Å². The van der Waals surface area contributed by atoms with Crippen LogP contribution in [0.5, 0.6) is 0 Å². The fourth-order valence-corrected chi connectivity index (χ4v) is 2.46. The molecule has 1 fully saturated rings. The van der Waals surface area contributed by atoms with Crippen molar-refractivity contribution in [1.29, 1.82) is 0 Å². The van der Waals surface area contributed by atoms with Gasteiger partial charge in [0.05, 0.1) is 6.10 Å². The molecule has 2 heteroatoms. The number of ether oxygens (including phenoxy) is 2. The first kappa shape index (κ1) is 14.0. The van der Waals surface area contributed by atoms with Crippen molar-refractivity contribution in [2.24, 2.45) is 0 Å². The van der Waals surface area contributed by atoms with Crippen LogP contribution in [0.15, 0.2) is 0 Å². The Labute approximate surface area is 101 Å². The van der Waals surface area contributed by atoms with Gasteiger partial charge in [-0.05, 0) is 12.8 Å². The second-order valence-electron chi connectivity index (χ2n) is 4.95. The van der Waals surface area contributed by atoms with Crippen molar-refractivity contribution in [3.05, 3.63) is 0 Å². The summed E-state index contributed by atoms with van der Waals surface area (Å²) in [4.78, 5) is 0. The van der Waals surface area contributed by atoms with Gasteiger partial charge in [-0.1, -0.05) is 57.8 Å². The molecule has 0 aromatic rings. The highest BCUT2D eigenvalue weighted by atomic mass is 16.7. The van der Waals surface area contributed by atoms with Crippen LogP contribution in [0.2, 0.25) is 0 Å². The van der Waals surface area contributed by atoms with Gasteiger partial charge in [0.2, 0.25) is 0 Å². The lowest BCUT2D eigenvalue weighted by Crippen LogP contribution is -2.15. The molecule has 0 aromatic heterocycles. The van der Waals surface area contributed by atoms with E-state index in [1.165, 1.54) is 70.6 Å². The highest BCUT2D eigenvalue weighted by Crippen LogP contribution is 2.18. The van der Waals surface area contributed by atoms with Crippen molar-refractivity contribution in [3.63, 3.8) is 0 Å². The van der Waals surface area contributed by atoms with Gasteiger partial charge in [-0.3, -0.25) is 0 Å². The van der Waals surface area contributed by atoms with Crippen molar-refractivity contribution >= 4 is 0 Å². The molecule has 2 nitrogen and oxygen atoms in total. The molecule has 0 unspecified atom stereocenters. The Morgan fingerprint density at radius 1 is 0.750 bits per heavy atom. The molecule has 1 aliphatic rings. The molecule has 96 valence electrons. The van der Waals surface area contributed by atoms with Gasteiger partial charge in [-0.2, -0.15) is 0 Å². The van der Waals surface area contributed by atoms with E-state index in [4.69, 9.17) is 9.47 Å². The number of methoxy groups -OCH3 is 1. The molecule has 0 saturated heterocycles. The lowest BCUT2D eigenvalue weighted by Gasteiger charge is -2.18. The van der Waals surface area contributed by atoms with Gasteiger partial charge in [0, 0.05) is 7.11 Å². The molecule has 1 rings (SSSR count). The van der Waals surface area contributed by atoms with E-state index in [9.17, 15) is 0 Å². The first-order chi connectivity index (χ1) is 7.93. The SMILES string of the molecule is COCOC1CCCCCCCCCCC1. The van der Waals surface area contributed by atoms with Crippen molar-refractivity contribution < 1.29 is 9.47 Å². The third-order valence-electron chi connectivity index (χ3n) is 3.47. The third kappa shape index (κ3) is 7.24. The van der Waals surface area contributed by atoms with Crippen LogP contribution in [-0.2, 0) is 9.47 Å². The summed E-state index contributed by atoms with van der Waals surface area (Å²) >= 11 is 0. The first-order valence-corrected chi connectivity index (χ1v) is 7.04. The molecule has 0 aliphatic heterocycles. The van der Waals surface area contributed by atoms with Crippen LogP contribution in [0, 0.1) is 0 Å². The predicted octanol–water partition coefficient (Wildman–Crippen LogP) is 4.28. The van der Waals surface area contributed by atoms with E-state index in [2.05, 4.69) is 0 Å². The van der Waals surface area contributed by atoms with Gasteiger partial charge in [0.1, 0.15) is 6.79 Å². The molecular weight excluding hydrogens is 200 g/mol. The largest absolute Gasteiger partial charge is 0.359 e. The molecule has 0 aromatic carbocycles. The lowest BCUT2D eigenvalue weighted by atomic mass is 9.99. The van der Waals surface area contributed by atoms with Gasteiger partial charge in [0.15, 0.2) is 0 Å². The molecule has 1 saturated carbocycles. The van der Waals surface area contributed by atoms with E-state index in [-0.39, 0.29) is 0 Å². The summed E-state index contributed by atoms with van der Waals surface area (Å²) in [5, 5.41) is 0. The summed E-state index contributed by atoms with van der Waals surface area (Å²) in [6, 6.07) is 0. The zero-order valence-corrected chi connectivity index (χ0v) is 10.9. The van der Waals surface area contributed by atoms with E-state index in [0.717, 1.165) is 0 Å². The van der Waals surface area contributed by atoms with Gasteiger partial charge < -0.3 is 9.47 Å². The molecular formula is C14H28O2. The van der Waals surface area contributed by atoms with Crippen molar-refractivity contribution in [3.8, 4) is 0 Å². The Morgan fingerprint density at radius 3 is 1.62 bits per heavy atom. The topological polar surface area (TPSA) is 18.5 Å². The normalized spacial score (nSPS) is 22.3. The number of hydrogen-bond donors (Lipinski definition) is 0. The van der Waals surface area contributed by atoms with Crippen molar-refractivity contribution in [2.45, 2.75) is 76.7 Å². The van der Waals surface area contributed by atoms with E-state index >= 15 is 0 Å². The Bertz CT molecular complexity index is 136. The summed E-state index contributed by atoms with van der Waals surface area (Å²) in [5.41, 5.74) is 0. The molecule has 0 atom stereocenters. The van der Waals surface area contributed by atoms with Gasteiger partial charge in [-0.25, -0.2) is 0 Å². The van der Waals surface area contributed by atoms with Crippen LogP contribution < -0.4 is 0 Å². The second-order valence-corrected chi connectivity index (χ2v) is 4.95. The molecule has 1 aliphatic carbocycles. The zero-order chi connectivity index (χ0) is 11.5. The van der Waals surface area contributed by atoms with E-state index in [1.807, 2.05) is 0 Å². The van der Waals surface area contributed by atoms with Crippen LogP contribution in [-0.4, -0.2) is 20.0 Å². The standard InChI is InChI=1S/C14H28O2/c1-15-13-16-14-11-9-7-5-3-2-4-6-8-10-12-14/h14H,2-13H2,1H3. The quantitative estimate of drug-likeness (QED) is 0.671. The minimum Gasteiger partial charge on any atom is -0.359 e. The third-order valence-corrected chi connectivity index (χ3v) is 3.47. The number of rotatable bonds is 3. The molecule has 0 bridgehead atoms. The summed E-state index contributed by atoms with van der Waals surface area (Å²) in [6.45, 7) is 0.463. The Balaban J connectivity index is 2.19. The Hall–Kier alpha value is -0.0800. The average molecular weight is 228 g/mol. The minimum atomic E-state index is 0.444. The molecule has 0 amide bonds. The predicted molar refractivity (Wildman–Crippen MR) is 67.5 cm³/mol. The van der Waals surface area contributed by atoms with Crippen molar-refractivity contribution in [2.75, 3.05) is 13.9 Å². The average Bonchev–Trinajstić information content (AvgIpc) is 2.28. The highest BCUT2D eigenvalue weighted by Gasteiger charge is 2.09. The fourth-order valence-electron chi connectivity index (χ4n) is 2.46. The smallest absolute Gasteiger partial charge is 0.146 e. The lowest BCUT2D eigenvalue weighted by molar-refractivity contribution is -0.0776. The highest BCUT2D eigenvalue weighted by molar-refractivity contribution is 4.60. The van der Waals surface area contributed by atoms with Crippen LogP contribution in [0.3, 0.4) is 0 Å². The molecule has 16 heavy (non-hydrogen) atoms. The molecule has 0 N–H and O–H groups in total. The Morgan fingerprint density at radius 2 is 1.19 bits per heavy atom. The Kier molecular flexibility index (Phi) is 8.83. The van der Waals surface area contributed by atoms with Crippen LogP contribution in [0.4, 0.5) is 0 Å². The maximum Gasteiger partial charge on any atom is 0.146 e. The van der Waals surface area contributed by atoms with Gasteiger partial charge >= 0.3 is 0 Å². The molecule has 0 spiro atoms. The maximum absolute atomic E-state index is 5.71. The zero-order valence-electron chi connectivity index (χ0n) is 10.9. The maximum atomic E-state index is 5.71. The minimum absolute atomic E-state index is 0.444. The van der Waals surface area contributed by atoms with Crippen molar-refractivity contribution in [1.82, 2.24) is 0 Å². The fraction of sp³-hybridized carbons (Fsp3) is 1.00. The van der Waals surface area contributed by atoms with E-state index < -0.39 is 0 Å². The summed E-state index contributed by atoms with van der Waals surface area (Å²) in [6.07, 6.45) is 15.5. The van der Waals surface area contributed by atoms with Crippen LogP contribution in [0.1, 0.15) is 70.6 Å².